The Hall–Kier alpha value is -4.16. The summed E-state index contributed by atoms with van der Waals surface area (Å²) in [5.74, 6) is 1.43. The van der Waals surface area contributed by atoms with Crippen LogP contribution in [0.1, 0.15) is 69.6 Å². The van der Waals surface area contributed by atoms with Crippen LogP contribution in [0.15, 0.2) is 88.6 Å². The third kappa shape index (κ3) is 9.99. The van der Waals surface area contributed by atoms with E-state index >= 15 is 0 Å². The number of urea groups is 1. The van der Waals surface area contributed by atoms with Crippen LogP contribution in [0.4, 0.5) is 10.6 Å². The molecule has 5 rings (SSSR count). The number of pyridine rings is 1. The molecule has 0 radical (unpaired) electrons. The highest BCUT2D eigenvalue weighted by Crippen LogP contribution is 2.40. The lowest BCUT2D eigenvalue weighted by Crippen LogP contribution is -2.43. The Morgan fingerprint density at radius 3 is 2.18 bits per heavy atom. The average molecular weight is 821 g/mol. The Labute approximate surface area is 339 Å². The molecule has 0 saturated carbocycles. The second-order valence-electron chi connectivity index (χ2n) is 16.1. The van der Waals surface area contributed by atoms with E-state index in [1.807, 2.05) is 86.0 Å². The lowest BCUT2D eigenvalue weighted by atomic mass is 9.92. The normalized spacial score (nSPS) is 12.1. The summed E-state index contributed by atoms with van der Waals surface area (Å²) in [7, 11) is -2.12. The number of anilines is 1. The van der Waals surface area contributed by atoms with E-state index in [-0.39, 0.29) is 34.2 Å². The topological polar surface area (TPSA) is 99.4 Å². The predicted octanol–water partition coefficient (Wildman–Crippen LogP) is 11.0. The quantitative estimate of drug-likeness (QED) is 0.0961. The first kappa shape index (κ1) is 42.0. The summed E-state index contributed by atoms with van der Waals surface area (Å²) in [5, 5.41) is 11.3. The van der Waals surface area contributed by atoms with Crippen LogP contribution in [-0.2, 0) is 25.1 Å². The van der Waals surface area contributed by atoms with Crippen LogP contribution < -0.4 is 25.4 Å². The zero-order valence-corrected chi connectivity index (χ0v) is 36.6. The number of hydrogen-bond acceptors (Lipinski definition) is 6. The molecule has 13 heteroatoms. The van der Waals surface area contributed by atoms with Gasteiger partial charge in [0, 0.05) is 34.7 Å². The number of hydrogen-bond donors (Lipinski definition) is 2. The maximum absolute atomic E-state index is 13.4. The highest BCUT2D eigenvalue weighted by Gasteiger charge is 2.39. The van der Waals surface area contributed by atoms with E-state index in [1.54, 1.807) is 27.1 Å². The Morgan fingerprint density at radius 1 is 0.891 bits per heavy atom. The zero-order chi connectivity index (χ0) is 40.3. The SMILES string of the molecule is CSc1ccccc1Cn1c(C)cc(OCc2ccccc2CNC(=O)Nc2cc(C(C)(C)C)nn2-c2ccc(O[Si](C)(C)C(C)(C)C)c(Cl)c2)c(Cl)c1=O. The molecule has 55 heavy (non-hydrogen) atoms. The Bertz CT molecular complexity index is 2240. The van der Waals surface area contributed by atoms with Crippen molar-refractivity contribution < 1.29 is 14.0 Å². The number of ether oxygens (including phenoxy) is 1. The van der Waals surface area contributed by atoms with E-state index in [0.717, 1.165) is 33.0 Å². The largest absolute Gasteiger partial charge is 0.543 e. The molecular formula is C42H51Cl2N5O4SSi. The van der Waals surface area contributed by atoms with E-state index in [4.69, 9.17) is 37.5 Å². The summed E-state index contributed by atoms with van der Waals surface area (Å²) in [5.41, 5.74) is 4.36. The lowest BCUT2D eigenvalue weighted by molar-refractivity contribution is 0.251. The van der Waals surface area contributed by atoms with Crippen molar-refractivity contribution in [1.82, 2.24) is 19.7 Å². The number of nitrogens with zero attached hydrogens (tertiary/aromatic N) is 3. The van der Waals surface area contributed by atoms with E-state index in [9.17, 15) is 9.59 Å². The summed E-state index contributed by atoms with van der Waals surface area (Å²) >= 11 is 15.0. The monoisotopic (exact) mass is 819 g/mol. The van der Waals surface area contributed by atoms with Crippen LogP contribution in [-0.4, -0.2) is 35.0 Å². The van der Waals surface area contributed by atoms with Crippen molar-refractivity contribution in [3.8, 4) is 17.2 Å². The van der Waals surface area contributed by atoms with Crippen molar-refractivity contribution in [1.29, 1.82) is 0 Å². The van der Waals surface area contributed by atoms with E-state index in [2.05, 4.69) is 65.3 Å². The second-order valence-corrected chi connectivity index (χ2v) is 22.4. The van der Waals surface area contributed by atoms with Crippen molar-refractivity contribution in [2.75, 3.05) is 11.6 Å². The molecule has 292 valence electrons. The number of carbonyl (C=O) groups excluding carboxylic acids is 1. The highest BCUT2D eigenvalue weighted by molar-refractivity contribution is 7.98. The van der Waals surface area contributed by atoms with Crippen LogP contribution in [0.5, 0.6) is 11.5 Å². The number of aromatic nitrogens is 3. The molecular weight excluding hydrogens is 770 g/mol. The number of halogens is 2. The fourth-order valence-corrected chi connectivity index (χ4v) is 7.68. The molecule has 3 aromatic carbocycles. The maximum atomic E-state index is 13.4. The summed E-state index contributed by atoms with van der Waals surface area (Å²) in [6.45, 7) is 19.8. The minimum atomic E-state index is -2.12. The molecule has 0 aliphatic heterocycles. The van der Waals surface area contributed by atoms with Crippen LogP contribution in [0.2, 0.25) is 28.2 Å². The first-order valence-corrected chi connectivity index (χ1v) is 23.0. The molecule has 0 spiro atoms. The summed E-state index contributed by atoms with van der Waals surface area (Å²) in [6.07, 6.45) is 2.01. The van der Waals surface area contributed by atoms with Gasteiger partial charge in [0.2, 0.25) is 0 Å². The van der Waals surface area contributed by atoms with E-state index < -0.39 is 14.3 Å². The average Bonchev–Trinajstić information content (AvgIpc) is 3.55. The van der Waals surface area contributed by atoms with Gasteiger partial charge >= 0.3 is 6.03 Å². The van der Waals surface area contributed by atoms with Crippen molar-refractivity contribution in [3.05, 3.63) is 127 Å². The lowest BCUT2D eigenvalue weighted by Gasteiger charge is -2.36. The molecule has 2 amide bonds. The molecule has 9 nitrogen and oxygen atoms in total. The molecule has 0 aliphatic rings. The Kier molecular flexibility index (Phi) is 12.9. The van der Waals surface area contributed by atoms with Crippen LogP contribution >= 0.6 is 35.0 Å². The summed E-state index contributed by atoms with van der Waals surface area (Å²) in [6, 6.07) is 24.5. The van der Waals surface area contributed by atoms with Crippen LogP contribution in [0, 0.1) is 6.92 Å². The third-order valence-corrected chi connectivity index (χ3v) is 15.8. The number of amides is 2. The van der Waals surface area contributed by atoms with Crippen molar-refractivity contribution in [2.45, 2.75) is 96.6 Å². The van der Waals surface area contributed by atoms with Gasteiger partial charge in [-0.3, -0.25) is 10.1 Å². The van der Waals surface area contributed by atoms with Crippen LogP contribution in [0.25, 0.3) is 5.69 Å². The number of nitrogens with one attached hydrogen (secondary N) is 2. The molecule has 0 aliphatic carbocycles. The fraction of sp³-hybridized carbons (Fsp3) is 0.357. The van der Waals surface area contributed by atoms with Gasteiger partial charge in [0.25, 0.3) is 13.9 Å². The van der Waals surface area contributed by atoms with Gasteiger partial charge in [-0.25, -0.2) is 9.48 Å². The van der Waals surface area contributed by atoms with Gasteiger partial charge in [-0.2, -0.15) is 5.10 Å². The van der Waals surface area contributed by atoms with Gasteiger partial charge in [-0.05, 0) is 72.3 Å². The minimum absolute atomic E-state index is 0.0120. The maximum Gasteiger partial charge on any atom is 0.320 e. The fourth-order valence-electron chi connectivity index (χ4n) is 5.55. The molecule has 0 unspecified atom stereocenters. The molecule has 2 heterocycles. The van der Waals surface area contributed by atoms with E-state index in [1.165, 1.54) is 0 Å². The molecule has 0 saturated heterocycles. The number of carbonyl (C=O) groups is 1. The summed E-state index contributed by atoms with van der Waals surface area (Å²) < 4.78 is 16.0. The van der Waals surface area contributed by atoms with Crippen molar-refractivity contribution in [2.24, 2.45) is 0 Å². The van der Waals surface area contributed by atoms with Gasteiger partial charge in [0.05, 0.1) is 22.9 Å². The number of benzene rings is 3. The van der Waals surface area contributed by atoms with Crippen LogP contribution in [0.3, 0.4) is 0 Å². The molecule has 2 aromatic heterocycles. The first-order valence-electron chi connectivity index (χ1n) is 18.1. The smallest absolute Gasteiger partial charge is 0.320 e. The van der Waals surface area contributed by atoms with Gasteiger partial charge in [0.15, 0.2) is 0 Å². The second kappa shape index (κ2) is 16.9. The molecule has 5 aromatic rings. The third-order valence-electron chi connectivity index (χ3n) is 9.93. The van der Waals surface area contributed by atoms with Gasteiger partial charge < -0.3 is 19.0 Å². The van der Waals surface area contributed by atoms with Crippen molar-refractivity contribution >= 4 is 55.1 Å². The van der Waals surface area contributed by atoms with Gasteiger partial charge in [0.1, 0.15) is 28.9 Å². The van der Waals surface area contributed by atoms with Gasteiger partial charge in [-0.1, -0.05) is 107 Å². The Morgan fingerprint density at radius 2 is 1.55 bits per heavy atom. The predicted molar refractivity (Wildman–Crippen MR) is 230 cm³/mol. The van der Waals surface area contributed by atoms with Crippen molar-refractivity contribution in [3.63, 3.8) is 0 Å². The number of aryl methyl sites for hydroxylation is 1. The zero-order valence-electron chi connectivity index (χ0n) is 33.3. The van der Waals surface area contributed by atoms with Gasteiger partial charge in [-0.15, -0.1) is 11.8 Å². The molecule has 2 N–H and O–H groups in total. The number of thioether (sulfide) groups is 1. The number of rotatable bonds is 12. The standard InChI is InChI=1S/C42H51Cl2N5O4SSi/c1-27-21-34(38(44)39(50)48(27)25-29-16-13-14-18-35(29)54-8)52-26-30-17-12-11-15-28(30)24-45-40(51)46-37-23-36(41(2,3)4)47-49(37)31-19-20-33(32(43)22-31)53-55(9,10)42(5,6)7/h11-23H,24-26H2,1-10H3,(H2,45,46,51). The highest BCUT2D eigenvalue weighted by atomic mass is 35.5. The minimum Gasteiger partial charge on any atom is -0.543 e. The Balaban J connectivity index is 1.29. The molecule has 0 bridgehead atoms. The molecule has 0 fully saturated rings. The van der Waals surface area contributed by atoms with E-state index in [0.29, 0.717) is 34.6 Å². The first-order chi connectivity index (χ1) is 25.8. The molecule has 0 atom stereocenters. The summed E-state index contributed by atoms with van der Waals surface area (Å²) in [4.78, 5) is 27.9.